The molecule has 7 nitrogen and oxygen atoms in total. The average Bonchev–Trinajstić information content (AvgIpc) is 3.16. The Morgan fingerprint density at radius 1 is 0.838 bits per heavy atom. The van der Waals surface area contributed by atoms with Gasteiger partial charge in [-0.1, -0.05) is 23.7 Å². The molecule has 0 aromatic heterocycles. The number of nitrogens with zero attached hydrogens (tertiary/aromatic N) is 1. The summed E-state index contributed by atoms with van der Waals surface area (Å²) in [5.41, 5.74) is 1.19. The Bertz CT molecular complexity index is 1330. The molecule has 37 heavy (non-hydrogen) atoms. The molecule has 0 aliphatic carbocycles. The van der Waals surface area contributed by atoms with Gasteiger partial charge in [0.15, 0.2) is 0 Å². The number of anilines is 1. The molecule has 3 aromatic rings. The number of hydrogen-bond acceptors (Lipinski definition) is 6. The maximum absolute atomic E-state index is 13.5. The largest absolute Gasteiger partial charge is 0.507 e. The van der Waals surface area contributed by atoms with Crippen molar-refractivity contribution in [3.05, 3.63) is 88.5 Å². The number of carbonyl (C=O) groups excluding carboxylic acids is 2. The second kappa shape index (κ2) is 11.4. The van der Waals surface area contributed by atoms with Crippen LogP contribution in [-0.2, 0) is 9.59 Å². The van der Waals surface area contributed by atoms with Gasteiger partial charge in [-0.15, -0.1) is 0 Å². The molecule has 1 aliphatic heterocycles. The highest BCUT2D eigenvalue weighted by atomic mass is 35.5. The molecule has 3 aromatic carbocycles. The standard InChI is InChI=1S/C29H28ClNO6/c1-4-35-20-12-10-19(11-13-20)31-26(18-8-7-9-21(16-18)36-5-2)25(28(33)29(31)34)27(32)23-17-22(37-6-3)14-15-24(23)30/h7-17,26,32H,4-6H2,1-3H3/b27-25+. The fourth-order valence-electron chi connectivity index (χ4n) is 4.31. The number of carbonyl (C=O) groups is 2. The normalized spacial score (nSPS) is 16.6. The number of rotatable bonds is 9. The molecular formula is C29H28ClNO6. The van der Waals surface area contributed by atoms with Gasteiger partial charge < -0.3 is 19.3 Å². The second-order valence-corrected chi connectivity index (χ2v) is 8.58. The highest BCUT2D eigenvalue weighted by molar-refractivity contribution is 6.52. The van der Waals surface area contributed by atoms with Crippen molar-refractivity contribution in [3.63, 3.8) is 0 Å². The van der Waals surface area contributed by atoms with Crippen molar-refractivity contribution < 1.29 is 28.9 Å². The minimum absolute atomic E-state index is 0.0805. The molecule has 1 aliphatic rings. The van der Waals surface area contributed by atoms with Crippen LogP contribution in [0.25, 0.3) is 5.76 Å². The van der Waals surface area contributed by atoms with E-state index in [-0.39, 0.29) is 21.9 Å². The average molecular weight is 522 g/mol. The van der Waals surface area contributed by atoms with E-state index >= 15 is 0 Å². The Hall–Kier alpha value is -3.97. The summed E-state index contributed by atoms with van der Waals surface area (Å²) in [5.74, 6) is -0.286. The molecule has 0 bridgehead atoms. The van der Waals surface area contributed by atoms with Gasteiger partial charge in [0.1, 0.15) is 23.0 Å². The number of benzene rings is 3. The van der Waals surface area contributed by atoms with Crippen LogP contribution >= 0.6 is 11.6 Å². The van der Waals surface area contributed by atoms with E-state index in [4.69, 9.17) is 25.8 Å². The molecule has 0 saturated carbocycles. The van der Waals surface area contributed by atoms with Gasteiger partial charge in [-0.2, -0.15) is 0 Å². The van der Waals surface area contributed by atoms with Crippen molar-refractivity contribution in [1.29, 1.82) is 0 Å². The van der Waals surface area contributed by atoms with Gasteiger partial charge in [0.25, 0.3) is 11.7 Å². The van der Waals surface area contributed by atoms with Crippen LogP contribution in [-0.4, -0.2) is 36.6 Å². The molecule has 1 N–H and O–H groups in total. The zero-order chi connectivity index (χ0) is 26.5. The summed E-state index contributed by atoms with van der Waals surface area (Å²) in [4.78, 5) is 28.2. The molecule has 8 heteroatoms. The lowest BCUT2D eigenvalue weighted by atomic mass is 9.95. The topological polar surface area (TPSA) is 85.3 Å². The Morgan fingerprint density at radius 2 is 1.43 bits per heavy atom. The number of halogens is 1. The van der Waals surface area contributed by atoms with Crippen molar-refractivity contribution in [2.45, 2.75) is 26.8 Å². The summed E-state index contributed by atoms with van der Waals surface area (Å²) in [5, 5.41) is 11.7. The van der Waals surface area contributed by atoms with Gasteiger partial charge in [0, 0.05) is 11.3 Å². The second-order valence-electron chi connectivity index (χ2n) is 8.18. The van der Waals surface area contributed by atoms with Crippen LogP contribution in [0.1, 0.15) is 37.9 Å². The van der Waals surface area contributed by atoms with Crippen molar-refractivity contribution in [1.82, 2.24) is 0 Å². The Morgan fingerprint density at radius 3 is 2.08 bits per heavy atom. The predicted octanol–water partition coefficient (Wildman–Crippen LogP) is 6.16. The minimum atomic E-state index is -0.926. The number of Topliss-reactive ketones (excluding diaryl/α,β-unsaturated/α-hetero) is 1. The molecule has 1 saturated heterocycles. The van der Waals surface area contributed by atoms with Crippen molar-refractivity contribution in [2.24, 2.45) is 0 Å². The monoisotopic (exact) mass is 521 g/mol. The molecule has 0 spiro atoms. The Balaban J connectivity index is 1.92. The lowest BCUT2D eigenvalue weighted by Gasteiger charge is -2.26. The molecule has 1 amide bonds. The SMILES string of the molecule is CCOc1ccc(N2C(=O)C(=O)/C(=C(/O)c3cc(OCC)ccc3Cl)C2c2cccc(OCC)c2)cc1. The molecule has 0 radical (unpaired) electrons. The van der Waals surface area contributed by atoms with Gasteiger partial charge in [-0.05, 0) is 80.9 Å². The van der Waals surface area contributed by atoms with Crippen LogP contribution in [0.2, 0.25) is 5.02 Å². The fourth-order valence-corrected chi connectivity index (χ4v) is 4.52. The van der Waals surface area contributed by atoms with Crippen LogP contribution < -0.4 is 19.1 Å². The number of aliphatic hydroxyl groups is 1. The van der Waals surface area contributed by atoms with Crippen molar-refractivity contribution in [3.8, 4) is 17.2 Å². The van der Waals surface area contributed by atoms with E-state index in [1.165, 1.54) is 4.90 Å². The number of aliphatic hydroxyl groups excluding tert-OH is 1. The van der Waals surface area contributed by atoms with Gasteiger partial charge >= 0.3 is 0 Å². The van der Waals surface area contributed by atoms with E-state index in [1.807, 2.05) is 20.8 Å². The molecule has 4 rings (SSSR count). The summed E-state index contributed by atoms with van der Waals surface area (Å²) < 4.78 is 16.7. The molecule has 1 unspecified atom stereocenters. The third-order valence-electron chi connectivity index (χ3n) is 5.86. The Kier molecular flexibility index (Phi) is 8.04. The Labute approximate surface area is 220 Å². The van der Waals surface area contributed by atoms with Gasteiger partial charge in [0.2, 0.25) is 0 Å². The molecule has 1 atom stereocenters. The zero-order valence-corrected chi connectivity index (χ0v) is 21.6. The molecule has 1 fully saturated rings. The van der Waals surface area contributed by atoms with E-state index < -0.39 is 17.7 Å². The maximum atomic E-state index is 13.5. The zero-order valence-electron chi connectivity index (χ0n) is 20.9. The number of ketones is 1. The van der Waals surface area contributed by atoms with Crippen molar-refractivity contribution in [2.75, 3.05) is 24.7 Å². The maximum Gasteiger partial charge on any atom is 0.300 e. The van der Waals surface area contributed by atoms with E-state index in [0.717, 1.165) is 0 Å². The highest BCUT2D eigenvalue weighted by Crippen LogP contribution is 2.44. The molecular weight excluding hydrogens is 494 g/mol. The van der Waals surface area contributed by atoms with Gasteiger partial charge in [-0.25, -0.2) is 0 Å². The van der Waals surface area contributed by atoms with E-state index in [0.29, 0.717) is 48.3 Å². The van der Waals surface area contributed by atoms with Crippen LogP contribution in [0.4, 0.5) is 5.69 Å². The first-order chi connectivity index (χ1) is 17.9. The van der Waals surface area contributed by atoms with Crippen molar-refractivity contribution >= 4 is 34.7 Å². The summed E-state index contributed by atoms with van der Waals surface area (Å²) in [6, 6.07) is 17.9. The van der Waals surface area contributed by atoms with Crippen LogP contribution in [0.3, 0.4) is 0 Å². The van der Waals surface area contributed by atoms with Crippen LogP contribution in [0.15, 0.2) is 72.3 Å². The van der Waals surface area contributed by atoms with Crippen LogP contribution in [0, 0.1) is 0 Å². The minimum Gasteiger partial charge on any atom is -0.507 e. The predicted molar refractivity (Wildman–Crippen MR) is 143 cm³/mol. The third kappa shape index (κ3) is 5.27. The highest BCUT2D eigenvalue weighted by Gasteiger charge is 2.47. The van der Waals surface area contributed by atoms with Gasteiger partial charge in [0.05, 0.1) is 36.5 Å². The lowest BCUT2D eigenvalue weighted by Crippen LogP contribution is -2.29. The number of ether oxygens (including phenoxy) is 3. The quantitative estimate of drug-likeness (QED) is 0.206. The smallest absolute Gasteiger partial charge is 0.300 e. The fraction of sp³-hybridized carbons (Fsp3) is 0.241. The van der Waals surface area contributed by atoms with E-state index in [1.54, 1.807) is 66.7 Å². The van der Waals surface area contributed by atoms with Crippen LogP contribution in [0.5, 0.6) is 17.2 Å². The first-order valence-corrected chi connectivity index (χ1v) is 12.5. The third-order valence-corrected chi connectivity index (χ3v) is 6.19. The van der Waals surface area contributed by atoms with Gasteiger partial charge in [-0.3, -0.25) is 14.5 Å². The lowest BCUT2D eigenvalue weighted by molar-refractivity contribution is -0.132. The first-order valence-electron chi connectivity index (χ1n) is 12.1. The molecule has 192 valence electrons. The van der Waals surface area contributed by atoms with E-state index in [2.05, 4.69) is 0 Å². The summed E-state index contributed by atoms with van der Waals surface area (Å²) in [7, 11) is 0. The number of hydrogen-bond donors (Lipinski definition) is 1. The molecule has 1 heterocycles. The van der Waals surface area contributed by atoms with E-state index in [9.17, 15) is 14.7 Å². The summed E-state index contributed by atoms with van der Waals surface area (Å²) in [6.45, 7) is 6.93. The number of amides is 1. The summed E-state index contributed by atoms with van der Waals surface area (Å²) in [6.07, 6.45) is 0. The summed E-state index contributed by atoms with van der Waals surface area (Å²) >= 11 is 6.42. The first kappa shape index (κ1) is 26.1.